The lowest BCUT2D eigenvalue weighted by atomic mass is 10.1. The molecule has 3 aromatic rings. The largest absolute Gasteiger partial charge is 0.449 e. The van der Waals surface area contributed by atoms with E-state index < -0.39 is 0 Å². The highest BCUT2D eigenvalue weighted by Crippen LogP contribution is 2.36. The smallest absolute Gasteiger partial charge is 0.266 e. The van der Waals surface area contributed by atoms with Gasteiger partial charge in [-0.2, -0.15) is 0 Å². The van der Waals surface area contributed by atoms with Gasteiger partial charge in [-0.05, 0) is 80.2 Å². The minimum Gasteiger partial charge on any atom is -0.449 e. The first-order valence-corrected chi connectivity index (χ1v) is 11.8. The van der Waals surface area contributed by atoms with E-state index in [0.29, 0.717) is 27.0 Å². The quantitative estimate of drug-likeness (QED) is 0.312. The molecule has 0 atom stereocenters. The summed E-state index contributed by atoms with van der Waals surface area (Å²) in [4.78, 5) is 20.2. The first kappa shape index (κ1) is 21.2. The fraction of sp³-hybridized carbons (Fsp3) is 0.130. The summed E-state index contributed by atoms with van der Waals surface area (Å²) < 4.78 is 7.03. The number of aryl methyl sites for hydroxylation is 1. The minimum atomic E-state index is -0.0496. The summed E-state index contributed by atoms with van der Waals surface area (Å²) in [5.41, 5.74) is 2.09. The van der Waals surface area contributed by atoms with E-state index in [-0.39, 0.29) is 5.91 Å². The third-order valence-corrected chi connectivity index (χ3v) is 7.21. The van der Waals surface area contributed by atoms with E-state index in [1.807, 2.05) is 54.6 Å². The molecule has 30 heavy (non-hydrogen) atoms. The number of hydrogen-bond acceptors (Lipinski definition) is 4. The molecule has 7 heteroatoms. The van der Waals surface area contributed by atoms with Crippen LogP contribution in [0.4, 0.5) is 5.69 Å². The maximum absolute atomic E-state index is 13.1. The number of aliphatic imine (C=N–C) groups is 1. The van der Waals surface area contributed by atoms with Crippen LogP contribution >= 0.6 is 43.6 Å². The van der Waals surface area contributed by atoms with Gasteiger partial charge in [0, 0.05) is 12.6 Å². The number of nitrogens with zero attached hydrogens (tertiary/aromatic N) is 2. The van der Waals surface area contributed by atoms with Gasteiger partial charge >= 0.3 is 0 Å². The van der Waals surface area contributed by atoms with Crippen molar-refractivity contribution < 1.29 is 9.21 Å². The Morgan fingerprint density at radius 3 is 2.40 bits per heavy atom. The molecule has 0 aliphatic carbocycles. The Morgan fingerprint density at radius 1 is 1.03 bits per heavy atom. The Morgan fingerprint density at radius 2 is 1.73 bits per heavy atom. The Balaban J connectivity index is 1.57. The van der Waals surface area contributed by atoms with E-state index in [2.05, 4.69) is 44.0 Å². The Labute approximate surface area is 196 Å². The van der Waals surface area contributed by atoms with Crippen LogP contribution in [0.25, 0.3) is 6.08 Å². The number of carbonyl (C=O) groups excluding carboxylic acids is 1. The van der Waals surface area contributed by atoms with Crippen molar-refractivity contribution in [3.05, 3.63) is 92.1 Å². The van der Waals surface area contributed by atoms with Crippen LogP contribution < -0.4 is 0 Å². The second-order valence-corrected chi connectivity index (χ2v) is 9.24. The molecule has 4 nitrogen and oxygen atoms in total. The van der Waals surface area contributed by atoms with Crippen LogP contribution in [0.1, 0.15) is 17.7 Å². The predicted molar refractivity (Wildman–Crippen MR) is 130 cm³/mol. The Kier molecular flexibility index (Phi) is 6.92. The molecule has 2 heterocycles. The standard InChI is InChI=1S/C23H18Br2N2O2S/c24-19-14-18(29-21(19)25)15-20-22(28)27(13-7-10-16-8-3-1-4-9-16)23(30-20)26-17-11-5-2-6-12-17/h1-6,8-9,11-12,14-15H,7,10,13H2/b20-15-,26-23?. The number of carbonyl (C=O) groups is 1. The van der Waals surface area contributed by atoms with Gasteiger partial charge in [-0.25, -0.2) is 4.99 Å². The number of amidine groups is 1. The molecule has 0 unspecified atom stereocenters. The van der Waals surface area contributed by atoms with Crippen LogP contribution in [-0.2, 0) is 11.2 Å². The van der Waals surface area contributed by atoms with Gasteiger partial charge in [0.15, 0.2) is 9.84 Å². The first-order valence-electron chi connectivity index (χ1n) is 9.44. The number of benzene rings is 2. The number of para-hydroxylation sites is 1. The molecule has 0 N–H and O–H groups in total. The van der Waals surface area contributed by atoms with Gasteiger partial charge in [0.1, 0.15) is 5.76 Å². The molecular weight excluding hydrogens is 528 g/mol. The molecule has 0 saturated carbocycles. The van der Waals surface area contributed by atoms with Gasteiger partial charge in [-0.15, -0.1) is 0 Å². The number of rotatable bonds is 6. The van der Waals surface area contributed by atoms with Gasteiger partial charge in [0.05, 0.1) is 15.1 Å². The molecule has 0 spiro atoms. The van der Waals surface area contributed by atoms with Crippen molar-refractivity contribution in [2.75, 3.05) is 6.54 Å². The van der Waals surface area contributed by atoms with Crippen molar-refractivity contribution in [2.24, 2.45) is 4.99 Å². The average Bonchev–Trinajstić information content (AvgIpc) is 3.22. The molecule has 0 radical (unpaired) electrons. The second-order valence-electron chi connectivity index (χ2n) is 6.66. The van der Waals surface area contributed by atoms with Crippen LogP contribution in [0.15, 0.2) is 90.2 Å². The van der Waals surface area contributed by atoms with Gasteiger partial charge in [0.25, 0.3) is 5.91 Å². The van der Waals surface area contributed by atoms with E-state index in [1.54, 1.807) is 11.0 Å². The predicted octanol–water partition coefficient (Wildman–Crippen LogP) is 7.04. The van der Waals surface area contributed by atoms with Gasteiger partial charge < -0.3 is 4.42 Å². The number of amides is 1. The van der Waals surface area contributed by atoms with E-state index in [0.717, 1.165) is 23.0 Å². The summed E-state index contributed by atoms with van der Waals surface area (Å²) in [6.45, 7) is 0.606. The summed E-state index contributed by atoms with van der Waals surface area (Å²) in [6, 6.07) is 21.8. The van der Waals surface area contributed by atoms with Crippen molar-refractivity contribution in [1.82, 2.24) is 4.90 Å². The third-order valence-electron chi connectivity index (χ3n) is 4.50. The van der Waals surface area contributed by atoms with Crippen LogP contribution in [0.2, 0.25) is 0 Å². The molecule has 1 aliphatic rings. The lowest BCUT2D eigenvalue weighted by Crippen LogP contribution is -2.30. The topological polar surface area (TPSA) is 45.8 Å². The molecule has 1 fully saturated rings. The van der Waals surface area contributed by atoms with E-state index in [9.17, 15) is 4.79 Å². The number of halogens is 2. The molecule has 1 amide bonds. The first-order chi connectivity index (χ1) is 14.6. The van der Waals surface area contributed by atoms with Crippen molar-refractivity contribution in [3.63, 3.8) is 0 Å². The molecule has 1 aliphatic heterocycles. The molecule has 152 valence electrons. The lowest BCUT2D eigenvalue weighted by molar-refractivity contribution is -0.122. The Bertz CT molecular complexity index is 1080. The molecule has 1 saturated heterocycles. The summed E-state index contributed by atoms with van der Waals surface area (Å²) in [5.74, 6) is 0.557. The van der Waals surface area contributed by atoms with Crippen molar-refractivity contribution >= 4 is 66.5 Å². The van der Waals surface area contributed by atoms with Crippen molar-refractivity contribution in [2.45, 2.75) is 12.8 Å². The zero-order chi connectivity index (χ0) is 20.9. The highest BCUT2D eigenvalue weighted by molar-refractivity contribution is 9.13. The normalized spacial score (nSPS) is 16.7. The second kappa shape index (κ2) is 9.81. The number of furan rings is 1. The highest BCUT2D eigenvalue weighted by atomic mass is 79.9. The molecule has 0 bridgehead atoms. The van der Waals surface area contributed by atoms with E-state index >= 15 is 0 Å². The maximum atomic E-state index is 13.1. The Hall–Kier alpha value is -2.09. The van der Waals surface area contributed by atoms with E-state index in [1.165, 1.54) is 17.3 Å². The van der Waals surface area contributed by atoms with Crippen molar-refractivity contribution in [1.29, 1.82) is 0 Å². The zero-order valence-electron chi connectivity index (χ0n) is 15.9. The van der Waals surface area contributed by atoms with Crippen molar-refractivity contribution in [3.8, 4) is 0 Å². The monoisotopic (exact) mass is 544 g/mol. The van der Waals surface area contributed by atoms with Crippen LogP contribution in [-0.4, -0.2) is 22.5 Å². The van der Waals surface area contributed by atoms with Crippen LogP contribution in [0, 0.1) is 0 Å². The highest BCUT2D eigenvalue weighted by Gasteiger charge is 2.33. The molecular formula is C23H18Br2N2O2S. The fourth-order valence-electron chi connectivity index (χ4n) is 3.05. The number of hydrogen-bond donors (Lipinski definition) is 0. The SMILES string of the molecule is O=C1/C(=C/c2cc(Br)c(Br)o2)SC(=Nc2ccccc2)N1CCCc1ccccc1. The zero-order valence-corrected chi connectivity index (χ0v) is 19.9. The van der Waals surface area contributed by atoms with Crippen LogP contribution in [0.5, 0.6) is 0 Å². The fourth-order valence-corrected chi connectivity index (χ4v) is 4.66. The van der Waals surface area contributed by atoms with E-state index in [4.69, 9.17) is 9.41 Å². The summed E-state index contributed by atoms with van der Waals surface area (Å²) in [7, 11) is 0. The minimum absolute atomic E-state index is 0.0496. The molecule has 4 rings (SSSR count). The average molecular weight is 546 g/mol. The molecule has 2 aromatic carbocycles. The summed E-state index contributed by atoms with van der Waals surface area (Å²) in [5, 5.41) is 0.690. The third kappa shape index (κ3) is 5.14. The van der Waals surface area contributed by atoms with Gasteiger partial charge in [0.2, 0.25) is 0 Å². The van der Waals surface area contributed by atoms with Gasteiger partial charge in [-0.1, -0.05) is 48.5 Å². The lowest BCUT2D eigenvalue weighted by Gasteiger charge is -2.15. The summed E-state index contributed by atoms with van der Waals surface area (Å²) >= 11 is 8.12. The maximum Gasteiger partial charge on any atom is 0.266 e. The van der Waals surface area contributed by atoms with Gasteiger partial charge in [-0.3, -0.25) is 9.69 Å². The molecule has 1 aromatic heterocycles. The summed E-state index contributed by atoms with van der Waals surface area (Å²) in [6.07, 6.45) is 3.53. The number of thioether (sulfide) groups is 1. The van der Waals surface area contributed by atoms with Crippen LogP contribution in [0.3, 0.4) is 0 Å².